The first kappa shape index (κ1) is 11.0. The molecule has 0 radical (unpaired) electrons. The van der Waals surface area contributed by atoms with Gasteiger partial charge in [-0.2, -0.15) is 0 Å². The van der Waals surface area contributed by atoms with Crippen LogP contribution >= 0.6 is 11.8 Å². The lowest BCUT2D eigenvalue weighted by molar-refractivity contribution is 0.188. The average molecular weight is 222 g/mol. The minimum atomic E-state index is -0.100. The Kier molecular flexibility index (Phi) is 3.37. The second kappa shape index (κ2) is 4.58. The SMILES string of the molecule is Cc1ccc(SC2CCCC2O)cc1C. The van der Waals surface area contributed by atoms with Crippen LogP contribution in [0.5, 0.6) is 0 Å². The number of aliphatic hydroxyl groups excluding tert-OH is 1. The highest BCUT2D eigenvalue weighted by molar-refractivity contribution is 8.00. The summed E-state index contributed by atoms with van der Waals surface area (Å²) in [6.07, 6.45) is 3.20. The fraction of sp³-hybridized carbons (Fsp3) is 0.538. The fourth-order valence-electron chi connectivity index (χ4n) is 2.01. The van der Waals surface area contributed by atoms with Crippen molar-refractivity contribution in [3.8, 4) is 0 Å². The first-order chi connectivity index (χ1) is 7.16. The van der Waals surface area contributed by atoms with Gasteiger partial charge in [-0.05, 0) is 56.4 Å². The van der Waals surface area contributed by atoms with Crippen LogP contribution in [-0.2, 0) is 0 Å². The zero-order chi connectivity index (χ0) is 10.8. The Morgan fingerprint density at radius 3 is 2.60 bits per heavy atom. The lowest BCUT2D eigenvalue weighted by Gasteiger charge is -2.14. The van der Waals surface area contributed by atoms with Gasteiger partial charge >= 0.3 is 0 Å². The summed E-state index contributed by atoms with van der Waals surface area (Å²) < 4.78 is 0. The van der Waals surface area contributed by atoms with Gasteiger partial charge in [0.25, 0.3) is 0 Å². The number of thioether (sulfide) groups is 1. The molecule has 1 aliphatic carbocycles. The van der Waals surface area contributed by atoms with Gasteiger partial charge in [-0.25, -0.2) is 0 Å². The number of rotatable bonds is 2. The van der Waals surface area contributed by atoms with Gasteiger partial charge in [-0.1, -0.05) is 6.07 Å². The van der Waals surface area contributed by atoms with Crippen LogP contribution in [-0.4, -0.2) is 16.5 Å². The maximum atomic E-state index is 9.75. The quantitative estimate of drug-likeness (QED) is 0.828. The van der Waals surface area contributed by atoms with E-state index in [1.165, 1.54) is 22.4 Å². The maximum Gasteiger partial charge on any atom is 0.0662 e. The van der Waals surface area contributed by atoms with E-state index in [4.69, 9.17) is 0 Å². The molecule has 1 fully saturated rings. The van der Waals surface area contributed by atoms with Gasteiger partial charge < -0.3 is 5.11 Å². The summed E-state index contributed by atoms with van der Waals surface area (Å²) in [6, 6.07) is 6.56. The van der Waals surface area contributed by atoms with E-state index in [0.717, 1.165) is 12.8 Å². The predicted molar refractivity (Wildman–Crippen MR) is 65.4 cm³/mol. The third-order valence-corrected chi connectivity index (χ3v) is 4.56. The van der Waals surface area contributed by atoms with Crippen LogP contribution in [0.2, 0.25) is 0 Å². The molecule has 0 amide bonds. The molecule has 15 heavy (non-hydrogen) atoms. The van der Waals surface area contributed by atoms with Crippen LogP contribution in [0.3, 0.4) is 0 Å². The number of hydrogen-bond donors (Lipinski definition) is 1. The molecule has 0 bridgehead atoms. The summed E-state index contributed by atoms with van der Waals surface area (Å²) in [6.45, 7) is 4.28. The van der Waals surface area contributed by atoms with Crippen molar-refractivity contribution in [2.75, 3.05) is 0 Å². The number of aryl methyl sites for hydroxylation is 2. The van der Waals surface area contributed by atoms with E-state index in [0.29, 0.717) is 5.25 Å². The lowest BCUT2D eigenvalue weighted by atomic mass is 10.1. The van der Waals surface area contributed by atoms with Crippen molar-refractivity contribution in [2.45, 2.75) is 49.4 Å². The summed E-state index contributed by atoms with van der Waals surface area (Å²) in [7, 11) is 0. The summed E-state index contributed by atoms with van der Waals surface area (Å²) in [4.78, 5) is 1.30. The standard InChI is InChI=1S/C13H18OS/c1-9-6-7-11(8-10(9)2)15-13-5-3-4-12(13)14/h6-8,12-14H,3-5H2,1-2H3. The van der Waals surface area contributed by atoms with Crippen LogP contribution in [0.4, 0.5) is 0 Å². The second-order valence-corrected chi connectivity index (χ2v) is 5.71. The van der Waals surface area contributed by atoms with Crippen molar-refractivity contribution in [3.05, 3.63) is 29.3 Å². The third-order valence-electron chi connectivity index (χ3n) is 3.18. The van der Waals surface area contributed by atoms with Crippen molar-refractivity contribution in [1.82, 2.24) is 0 Å². The molecule has 1 aliphatic rings. The minimum Gasteiger partial charge on any atom is -0.392 e. The Balaban J connectivity index is 2.07. The largest absolute Gasteiger partial charge is 0.392 e. The van der Waals surface area contributed by atoms with Crippen LogP contribution in [0.1, 0.15) is 30.4 Å². The van der Waals surface area contributed by atoms with E-state index in [2.05, 4.69) is 32.0 Å². The molecule has 2 atom stereocenters. The van der Waals surface area contributed by atoms with Gasteiger partial charge in [0.2, 0.25) is 0 Å². The Labute approximate surface area is 95.9 Å². The van der Waals surface area contributed by atoms with E-state index < -0.39 is 0 Å². The molecule has 2 rings (SSSR count). The molecule has 0 spiro atoms. The Hall–Kier alpha value is -0.470. The molecule has 0 heterocycles. The monoisotopic (exact) mass is 222 g/mol. The topological polar surface area (TPSA) is 20.2 Å². The van der Waals surface area contributed by atoms with Gasteiger partial charge in [-0.15, -0.1) is 11.8 Å². The molecule has 1 nitrogen and oxygen atoms in total. The van der Waals surface area contributed by atoms with E-state index in [1.807, 2.05) is 11.8 Å². The zero-order valence-corrected chi connectivity index (χ0v) is 10.2. The normalized spacial score (nSPS) is 25.8. The molecule has 1 N–H and O–H groups in total. The van der Waals surface area contributed by atoms with Crippen molar-refractivity contribution < 1.29 is 5.11 Å². The van der Waals surface area contributed by atoms with E-state index in [1.54, 1.807) is 0 Å². The Morgan fingerprint density at radius 2 is 2.00 bits per heavy atom. The summed E-state index contributed by atoms with van der Waals surface area (Å²) in [5, 5.41) is 10.2. The molecule has 1 aromatic carbocycles. The smallest absolute Gasteiger partial charge is 0.0662 e. The molecule has 1 aromatic rings. The maximum absolute atomic E-state index is 9.75. The van der Waals surface area contributed by atoms with Crippen molar-refractivity contribution >= 4 is 11.8 Å². The van der Waals surface area contributed by atoms with Crippen molar-refractivity contribution in [3.63, 3.8) is 0 Å². The summed E-state index contributed by atoms with van der Waals surface area (Å²) >= 11 is 1.83. The minimum absolute atomic E-state index is 0.100. The average Bonchev–Trinajstić information content (AvgIpc) is 2.59. The van der Waals surface area contributed by atoms with Gasteiger partial charge in [-0.3, -0.25) is 0 Å². The number of aliphatic hydroxyl groups is 1. The summed E-state index contributed by atoms with van der Waals surface area (Å²) in [5.74, 6) is 0. The fourth-order valence-corrected chi connectivity index (χ4v) is 3.32. The molecular weight excluding hydrogens is 204 g/mol. The van der Waals surface area contributed by atoms with Gasteiger partial charge in [0.05, 0.1) is 6.10 Å². The van der Waals surface area contributed by atoms with Crippen LogP contribution < -0.4 is 0 Å². The molecule has 2 heteroatoms. The van der Waals surface area contributed by atoms with E-state index >= 15 is 0 Å². The molecule has 82 valence electrons. The third kappa shape index (κ3) is 2.56. The van der Waals surface area contributed by atoms with Crippen molar-refractivity contribution in [2.24, 2.45) is 0 Å². The number of hydrogen-bond acceptors (Lipinski definition) is 2. The number of benzene rings is 1. The van der Waals surface area contributed by atoms with Crippen LogP contribution in [0, 0.1) is 13.8 Å². The molecular formula is C13H18OS. The molecule has 0 saturated heterocycles. The van der Waals surface area contributed by atoms with Gasteiger partial charge in [0.1, 0.15) is 0 Å². The highest BCUT2D eigenvalue weighted by Gasteiger charge is 2.25. The highest BCUT2D eigenvalue weighted by Crippen LogP contribution is 2.35. The van der Waals surface area contributed by atoms with E-state index in [9.17, 15) is 5.11 Å². The van der Waals surface area contributed by atoms with Crippen LogP contribution in [0.15, 0.2) is 23.1 Å². The van der Waals surface area contributed by atoms with Crippen LogP contribution in [0.25, 0.3) is 0 Å². The lowest BCUT2D eigenvalue weighted by Crippen LogP contribution is -2.14. The molecule has 0 aromatic heterocycles. The van der Waals surface area contributed by atoms with Crippen molar-refractivity contribution in [1.29, 1.82) is 0 Å². The first-order valence-corrected chi connectivity index (χ1v) is 6.47. The molecule has 2 unspecified atom stereocenters. The first-order valence-electron chi connectivity index (χ1n) is 5.59. The summed E-state index contributed by atoms with van der Waals surface area (Å²) in [5.41, 5.74) is 2.68. The second-order valence-electron chi connectivity index (χ2n) is 4.40. The molecule has 0 aliphatic heterocycles. The zero-order valence-electron chi connectivity index (χ0n) is 9.36. The van der Waals surface area contributed by atoms with Gasteiger partial charge in [0.15, 0.2) is 0 Å². The Morgan fingerprint density at radius 1 is 1.20 bits per heavy atom. The predicted octanol–water partition coefficient (Wildman–Crippen LogP) is 3.31. The Bertz CT molecular complexity index is 348. The van der Waals surface area contributed by atoms with E-state index in [-0.39, 0.29) is 6.10 Å². The van der Waals surface area contributed by atoms with Gasteiger partial charge in [0, 0.05) is 10.1 Å². The molecule has 1 saturated carbocycles. The highest BCUT2D eigenvalue weighted by atomic mass is 32.2.